The molecule has 1 aromatic carbocycles. The third kappa shape index (κ3) is 5.04. The average molecular weight is 313 g/mol. The lowest BCUT2D eigenvalue weighted by atomic mass is 9.82. The number of hydrogen-bond acceptors (Lipinski definition) is 3. The number of carbonyl (C=O) groups is 2. The van der Waals surface area contributed by atoms with Gasteiger partial charge in [-0.1, -0.05) is 13.8 Å². The Bertz CT molecular complexity index is 486. The van der Waals surface area contributed by atoms with Crippen LogP contribution in [0.5, 0.6) is 0 Å². The molecular formula is C15H20FNO3S. The topological polar surface area (TPSA) is 66.4 Å². The number of aliphatic carboxylic acids is 1. The zero-order valence-corrected chi connectivity index (χ0v) is 13.0. The van der Waals surface area contributed by atoms with Gasteiger partial charge in [0.1, 0.15) is 5.82 Å². The fourth-order valence-corrected chi connectivity index (χ4v) is 2.60. The predicted octanol–water partition coefficient (Wildman–Crippen LogP) is 2.93. The van der Waals surface area contributed by atoms with E-state index in [0.717, 1.165) is 4.90 Å². The van der Waals surface area contributed by atoms with Crippen molar-refractivity contribution in [1.82, 2.24) is 5.32 Å². The van der Waals surface area contributed by atoms with Crippen LogP contribution in [0.2, 0.25) is 0 Å². The number of carboxylic acids is 1. The van der Waals surface area contributed by atoms with E-state index in [1.807, 2.05) is 0 Å². The van der Waals surface area contributed by atoms with Crippen molar-refractivity contribution < 1.29 is 19.1 Å². The molecule has 0 spiro atoms. The molecule has 0 heterocycles. The van der Waals surface area contributed by atoms with Gasteiger partial charge < -0.3 is 10.4 Å². The number of nitrogens with one attached hydrogen (secondary N) is 1. The second-order valence-electron chi connectivity index (χ2n) is 4.81. The largest absolute Gasteiger partial charge is 0.481 e. The monoisotopic (exact) mass is 313 g/mol. The van der Waals surface area contributed by atoms with Crippen LogP contribution in [-0.2, 0) is 9.59 Å². The SMILES string of the molecule is CCC(CC)(CNC(=O)CSc1ccc(F)cc1)C(=O)O. The lowest BCUT2D eigenvalue weighted by Crippen LogP contribution is -2.42. The summed E-state index contributed by atoms with van der Waals surface area (Å²) >= 11 is 1.29. The van der Waals surface area contributed by atoms with Crippen LogP contribution < -0.4 is 5.32 Å². The van der Waals surface area contributed by atoms with E-state index in [1.165, 1.54) is 23.9 Å². The maximum absolute atomic E-state index is 12.7. The third-order valence-electron chi connectivity index (χ3n) is 3.61. The van der Waals surface area contributed by atoms with Crippen LogP contribution in [0.4, 0.5) is 4.39 Å². The molecule has 0 bridgehead atoms. The predicted molar refractivity (Wildman–Crippen MR) is 80.8 cm³/mol. The first-order valence-corrected chi connectivity index (χ1v) is 7.80. The van der Waals surface area contributed by atoms with E-state index < -0.39 is 11.4 Å². The average Bonchev–Trinajstić information content (AvgIpc) is 2.48. The Morgan fingerprint density at radius 1 is 1.24 bits per heavy atom. The minimum atomic E-state index is -0.907. The molecular weight excluding hydrogens is 293 g/mol. The molecule has 1 amide bonds. The maximum Gasteiger partial charge on any atom is 0.311 e. The standard InChI is InChI=1S/C15H20FNO3S/c1-3-15(4-2,14(19)20)10-17-13(18)9-21-12-7-5-11(16)6-8-12/h5-8H,3-4,9-10H2,1-2H3,(H,17,18)(H,19,20). The van der Waals surface area contributed by atoms with Crippen molar-refractivity contribution in [3.8, 4) is 0 Å². The second-order valence-corrected chi connectivity index (χ2v) is 5.86. The van der Waals surface area contributed by atoms with E-state index in [4.69, 9.17) is 0 Å². The highest BCUT2D eigenvalue weighted by atomic mass is 32.2. The third-order valence-corrected chi connectivity index (χ3v) is 4.63. The minimum absolute atomic E-state index is 0.123. The summed E-state index contributed by atoms with van der Waals surface area (Å²) in [4.78, 5) is 23.9. The molecule has 0 aromatic heterocycles. The summed E-state index contributed by atoms with van der Waals surface area (Å²) in [7, 11) is 0. The van der Waals surface area contributed by atoms with Gasteiger partial charge >= 0.3 is 5.97 Å². The van der Waals surface area contributed by atoms with Crippen LogP contribution in [-0.4, -0.2) is 29.3 Å². The van der Waals surface area contributed by atoms with Crippen molar-refractivity contribution in [2.45, 2.75) is 31.6 Å². The fraction of sp³-hybridized carbons (Fsp3) is 0.467. The molecule has 0 atom stereocenters. The summed E-state index contributed by atoms with van der Waals surface area (Å²) in [5.41, 5.74) is -0.907. The number of carbonyl (C=O) groups excluding carboxylic acids is 1. The quantitative estimate of drug-likeness (QED) is 0.724. The Labute approximate surface area is 128 Å². The van der Waals surface area contributed by atoms with Gasteiger partial charge in [0.25, 0.3) is 0 Å². The number of amides is 1. The summed E-state index contributed by atoms with van der Waals surface area (Å²) in [6, 6.07) is 5.88. The summed E-state index contributed by atoms with van der Waals surface area (Å²) in [6.07, 6.45) is 0.925. The van der Waals surface area contributed by atoms with Crippen LogP contribution >= 0.6 is 11.8 Å². The summed E-state index contributed by atoms with van der Waals surface area (Å²) in [5, 5.41) is 12.0. The Morgan fingerprint density at radius 2 is 1.81 bits per heavy atom. The van der Waals surface area contributed by atoms with Crippen molar-refractivity contribution in [2.24, 2.45) is 5.41 Å². The fourth-order valence-electron chi connectivity index (χ4n) is 1.88. The van der Waals surface area contributed by atoms with Crippen molar-refractivity contribution in [2.75, 3.05) is 12.3 Å². The molecule has 0 radical (unpaired) electrons. The Morgan fingerprint density at radius 3 is 2.29 bits per heavy atom. The van der Waals surface area contributed by atoms with E-state index >= 15 is 0 Å². The number of benzene rings is 1. The van der Waals surface area contributed by atoms with Gasteiger partial charge in [-0.3, -0.25) is 9.59 Å². The second kappa shape index (κ2) is 8.02. The first-order valence-electron chi connectivity index (χ1n) is 6.82. The zero-order valence-electron chi connectivity index (χ0n) is 12.2. The van der Waals surface area contributed by atoms with E-state index in [-0.39, 0.29) is 24.0 Å². The molecule has 0 saturated heterocycles. The summed E-state index contributed by atoms with van der Waals surface area (Å²) < 4.78 is 12.7. The first kappa shape index (κ1) is 17.5. The van der Waals surface area contributed by atoms with E-state index in [9.17, 15) is 19.1 Å². The van der Waals surface area contributed by atoms with Gasteiger partial charge in [0, 0.05) is 11.4 Å². The lowest BCUT2D eigenvalue weighted by Gasteiger charge is -2.26. The molecule has 0 aliphatic carbocycles. The number of halogens is 1. The molecule has 2 N–H and O–H groups in total. The van der Waals surface area contributed by atoms with Crippen LogP contribution in [0.1, 0.15) is 26.7 Å². The Kier molecular flexibility index (Phi) is 6.68. The van der Waals surface area contributed by atoms with Gasteiger partial charge in [-0.2, -0.15) is 0 Å². The van der Waals surface area contributed by atoms with Gasteiger partial charge in [-0.25, -0.2) is 4.39 Å². The smallest absolute Gasteiger partial charge is 0.311 e. The van der Waals surface area contributed by atoms with Crippen molar-refractivity contribution in [3.63, 3.8) is 0 Å². The molecule has 0 aliphatic rings. The Balaban J connectivity index is 2.46. The highest BCUT2D eigenvalue weighted by Gasteiger charge is 2.34. The summed E-state index contributed by atoms with van der Waals surface area (Å²) in [6.45, 7) is 3.73. The number of carboxylic acid groups (broad SMARTS) is 1. The highest BCUT2D eigenvalue weighted by Crippen LogP contribution is 2.25. The van der Waals surface area contributed by atoms with E-state index in [0.29, 0.717) is 12.8 Å². The molecule has 1 rings (SSSR count). The van der Waals surface area contributed by atoms with Crippen molar-refractivity contribution >= 4 is 23.6 Å². The van der Waals surface area contributed by atoms with Gasteiger partial charge in [-0.15, -0.1) is 11.8 Å². The van der Waals surface area contributed by atoms with Crippen LogP contribution in [0.25, 0.3) is 0 Å². The van der Waals surface area contributed by atoms with Gasteiger partial charge in [0.05, 0.1) is 11.2 Å². The molecule has 21 heavy (non-hydrogen) atoms. The van der Waals surface area contributed by atoms with E-state index in [1.54, 1.807) is 26.0 Å². The van der Waals surface area contributed by atoms with Crippen LogP contribution in [0.3, 0.4) is 0 Å². The molecule has 0 fully saturated rings. The number of thioether (sulfide) groups is 1. The van der Waals surface area contributed by atoms with Gasteiger partial charge in [-0.05, 0) is 37.1 Å². The van der Waals surface area contributed by atoms with E-state index in [2.05, 4.69) is 5.32 Å². The van der Waals surface area contributed by atoms with Gasteiger partial charge in [0.15, 0.2) is 0 Å². The van der Waals surface area contributed by atoms with Crippen molar-refractivity contribution in [1.29, 1.82) is 0 Å². The summed E-state index contributed by atoms with van der Waals surface area (Å²) in [5.74, 6) is -1.26. The molecule has 1 aromatic rings. The molecule has 116 valence electrons. The first-order chi connectivity index (χ1) is 9.93. The molecule has 6 heteroatoms. The van der Waals surface area contributed by atoms with Gasteiger partial charge in [0.2, 0.25) is 5.91 Å². The normalized spacial score (nSPS) is 11.2. The Hall–Kier alpha value is -1.56. The zero-order chi connectivity index (χ0) is 15.9. The van der Waals surface area contributed by atoms with Crippen LogP contribution in [0.15, 0.2) is 29.2 Å². The molecule has 4 nitrogen and oxygen atoms in total. The van der Waals surface area contributed by atoms with Crippen LogP contribution in [0, 0.1) is 11.2 Å². The maximum atomic E-state index is 12.7. The minimum Gasteiger partial charge on any atom is -0.481 e. The van der Waals surface area contributed by atoms with Crippen molar-refractivity contribution in [3.05, 3.63) is 30.1 Å². The molecule has 0 saturated carbocycles. The molecule has 0 unspecified atom stereocenters. The highest BCUT2D eigenvalue weighted by molar-refractivity contribution is 8.00. The number of rotatable bonds is 8. The number of hydrogen-bond donors (Lipinski definition) is 2. The lowest BCUT2D eigenvalue weighted by molar-refractivity contribution is -0.149. The molecule has 0 aliphatic heterocycles.